The molecule has 0 aliphatic heterocycles. The average molecular weight is 287 g/mol. The summed E-state index contributed by atoms with van der Waals surface area (Å²) in [6.45, 7) is 4.58. The molecule has 1 fully saturated rings. The maximum atomic E-state index is 11.3. The SMILES string of the molecule is CC(C)CC1(C(O)C2CCCc3cccnc32)CCCC1. The van der Waals surface area contributed by atoms with Crippen LogP contribution in [0.3, 0.4) is 0 Å². The molecule has 2 aliphatic rings. The van der Waals surface area contributed by atoms with Crippen LogP contribution in [0.25, 0.3) is 0 Å². The molecule has 1 N–H and O–H groups in total. The van der Waals surface area contributed by atoms with Crippen LogP contribution in [0.4, 0.5) is 0 Å². The standard InChI is InChI=1S/C19H29NO/c1-14(2)13-19(10-3-4-11-19)18(21)16-9-5-7-15-8-6-12-20-17(15)16/h6,8,12,14,16,18,21H,3-5,7,9-11,13H2,1-2H3. The Balaban J connectivity index is 1.89. The fourth-order valence-electron chi connectivity index (χ4n) is 4.89. The third kappa shape index (κ3) is 2.88. The second kappa shape index (κ2) is 6.08. The van der Waals surface area contributed by atoms with Gasteiger partial charge in [-0.3, -0.25) is 4.98 Å². The molecule has 2 nitrogen and oxygen atoms in total. The molecule has 2 heteroatoms. The number of aromatic nitrogens is 1. The Labute approximate surface area is 129 Å². The van der Waals surface area contributed by atoms with Crippen LogP contribution in [0.1, 0.15) is 76.0 Å². The minimum absolute atomic E-state index is 0.144. The van der Waals surface area contributed by atoms with E-state index in [2.05, 4.69) is 24.9 Å². The van der Waals surface area contributed by atoms with Gasteiger partial charge >= 0.3 is 0 Å². The second-order valence-corrected chi connectivity index (χ2v) is 7.66. The van der Waals surface area contributed by atoms with E-state index in [0.717, 1.165) is 19.3 Å². The first-order valence-corrected chi connectivity index (χ1v) is 8.74. The van der Waals surface area contributed by atoms with Crippen LogP contribution in [-0.4, -0.2) is 16.2 Å². The van der Waals surface area contributed by atoms with E-state index < -0.39 is 0 Å². The van der Waals surface area contributed by atoms with Gasteiger partial charge in [-0.2, -0.15) is 0 Å². The number of hydrogen-bond donors (Lipinski definition) is 1. The van der Waals surface area contributed by atoms with Crippen molar-refractivity contribution in [2.45, 2.75) is 77.2 Å². The number of hydrogen-bond acceptors (Lipinski definition) is 2. The summed E-state index contributed by atoms with van der Waals surface area (Å²) in [5.41, 5.74) is 2.70. The molecule has 1 aromatic rings. The number of aryl methyl sites for hydroxylation is 1. The van der Waals surface area contributed by atoms with Gasteiger partial charge in [-0.25, -0.2) is 0 Å². The van der Waals surface area contributed by atoms with Crippen LogP contribution in [0.15, 0.2) is 18.3 Å². The smallest absolute Gasteiger partial charge is 0.0680 e. The van der Waals surface area contributed by atoms with Gasteiger partial charge in [0.05, 0.1) is 6.10 Å². The normalized spacial score (nSPS) is 25.8. The Hall–Kier alpha value is -0.890. The first kappa shape index (κ1) is 15.0. The predicted molar refractivity (Wildman–Crippen MR) is 86.3 cm³/mol. The van der Waals surface area contributed by atoms with E-state index in [4.69, 9.17) is 0 Å². The zero-order valence-electron chi connectivity index (χ0n) is 13.5. The third-order valence-corrected chi connectivity index (χ3v) is 5.66. The van der Waals surface area contributed by atoms with E-state index >= 15 is 0 Å². The topological polar surface area (TPSA) is 33.1 Å². The minimum atomic E-state index is -0.212. The number of nitrogens with zero attached hydrogens (tertiary/aromatic N) is 1. The van der Waals surface area contributed by atoms with E-state index in [1.807, 2.05) is 12.3 Å². The van der Waals surface area contributed by atoms with Gasteiger partial charge < -0.3 is 5.11 Å². The molecule has 116 valence electrons. The lowest BCUT2D eigenvalue weighted by Crippen LogP contribution is -2.40. The lowest BCUT2D eigenvalue weighted by atomic mass is 9.67. The van der Waals surface area contributed by atoms with Crippen molar-refractivity contribution in [3.8, 4) is 0 Å². The lowest BCUT2D eigenvalue weighted by Gasteiger charge is -2.41. The van der Waals surface area contributed by atoms with Crippen molar-refractivity contribution in [1.82, 2.24) is 4.98 Å². The largest absolute Gasteiger partial charge is 0.392 e. The highest BCUT2D eigenvalue weighted by Crippen LogP contribution is 2.51. The zero-order chi connectivity index (χ0) is 14.9. The zero-order valence-corrected chi connectivity index (χ0v) is 13.5. The van der Waals surface area contributed by atoms with Crippen molar-refractivity contribution in [3.63, 3.8) is 0 Å². The van der Waals surface area contributed by atoms with Gasteiger partial charge in [0.1, 0.15) is 0 Å². The van der Waals surface area contributed by atoms with E-state index in [9.17, 15) is 5.11 Å². The Morgan fingerprint density at radius 2 is 2.05 bits per heavy atom. The molecule has 0 spiro atoms. The van der Waals surface area contributed by atoms with E-state index in [1.165, 1.54) is 43.4 Å². The minimum Gasteiger partial charge on any atom is -0.392 e. The van der Waals surface area contributed by atoms with Crippen LogP contribution in [0.5, 0.6) is 0 Å². The number of aliphatic hydroxyl groups excluding tert-OH is 1. The van der Waals surface area contributed by atoms with Crippen LogP contribution in [0, 0.1) is 11.3 Å². The molecule has 0 amide bonds. The molecule has 1 saturated carbocycles. The summed E-state index contributed by atoms with van der Waals surface area (Å²) in [4.78, 5) is 4.64. The van der Waals surface area contributed by atoms with Crippen LogP contribution < -0.4 is 0 Å². The Bertz CT molecular complexity index is 476. The molecule has 2 unspecified atom stereocenters. The van der Waals surface area contributed by atoms with Crippen molar-refractivity contribution in [1.29, 1.82) is 0 Å². The van der Waals surface area contributed by atoms with Gasteiger partial charge in [0.15, 0.2) is 0 Å². The van der Waals surface area contributed by atoms with Crippen LogP contribution >= 0.6 is 0 Å². The predicted octanol–water partition coefficient (Wildman–Crippen LogP) is 4.47. The number of fused-ring (bicyclic) bond motifs is 1. The van der Waals surface area contributed by atoms with Gasteiger partial charge in [0, 0.05) is 17.8 Å². The fourth-order valence-corrected chi connectivity index (χ4v) is 4.89. The molecule has 1 heterocycles. The molecular weight excluding hydrogens is 258 g/mol. The van der Waals surface area contributed by atoms with Crippen LogP contribution in [0.2, 0.25) is 0 Å². The van der Waals surface area contributed by atoms with Gasteiger partial charge in [0.25, 0.3) is 0 Å². The van der Waals surface area contributed by atoms with Gasteiger partial charge in [-0.05, 0) is 61.5 Å². The summed E-state index contributed by atoms with van der Waals surface area (Å²) >= 11 is 0. The second-order valence-electron chi connectivity index (χ2n) is 7.66. The summed E-state index contributed by atoms with van der Waals surface area (Å²) in [5, 5.41) is 11.3. The quantitative estimate of drug-likeness (QED) is 0.886. The van der Waals surface area contributed by atoms with Gasteiger partial charge in [-0.1, -0.05) is 32.8 Å². The Morgan fingerprint density at radius 3 is 2.76 bits per heavy atom. The molecule has 3 rings (SSSR count). The van der Waals surface area contributed by atoms with Gasteiger partial charge in [0.2, 0.25) is 0 Å². The number of rotatable bonds is 4. The van der Waals surface area contributed by atoms with Crippen LogP contribution in [-0.2, 0) is 6.42 Å². The first-order chi connectivity index (χ1) is 10.1. The molecule has 0 radical (unpaired) electrons. The molecule has 0 aromatic carbocycles. The van der Waals surface area contributed by atoms with Crippen molar-refractivity contribution < 1.29 is 5.11 Å². The van der Waals surface area contributed by atoms with Crippen molar-refractivity contribution in [2.24, 2.45) is 11.3 Å². The van der Waals surface area contributed by atoms with Crippen molar-refractivity contribution in [3.05, 3.63) is 29.6 Å². The van der Waals surface area contributed by atoms with E-state index in [1.54, 1.807) is 0 Å². The summed E-state index contributed by atoms with van der Waals surface area (Å²) in [7, 11) is 0. The van der Waals surface area contributed by atoms with E-state index in [0.29, 0.717) is 5.92 Å². The van der Waals surface area contributed by atoms with Gasteiger partial charge in [-0.15, -0.1) is 0 Å². The Kier molecular flexibility index (Phi) is 4.35. The number of aliphatic hydroxyl groups is 1. The molecule has 2 aliphatic carbocycles. The molecule has 0 bridgehead atoms. The average Bonchev–Trinajstić information content (AvgIpc) is 2.95. The number of pyridine rings is 1. The fraction of sp³-hybridized carbons (Fsp3) is 0.737. The maximum Gasteiger partial charge on any atom is 0.0680 e. The molecular formula is C19H29NO. The maximum absolute atomic E-state index is 11.3. The highest BCUT2D eigenvalue weighted by atomic mass is 16.3. The molecule has 21 heavy (non-hydrogen) atoms. The molecule has 1 aromatic heterocycles. The Morgan fingerprint density at radius 1 is 1.29 bits per heavy atom. The third-order valence-electron chi connectivity index (χ3n) is 5.66. The molecule has 0 saturated heterocycles. The van der Waals surface area contributed by atoms with Crippen molar-refractivity contribution in [2.75, 3.05) is 0 Å². The summed E-state index contributed by atoms with van der Waals surface area (Å²) in [6, 6.07) is 4.23. The monoisotopic (exact) mass is 287 g/mol. The van der Waals surface area contributed by atoms with E-state index in [-0.39, 0.29) is 17.4 Å². The summed E-state index contributed by atoms with van der Waals surface area (Å²) in [5.74, 6) is 0.913. The summed E-state index contributed by atoms with van der Waals surface area (Å²) < 4.78 is 0. The highest BCUT2D eigenvalue weighted by Gasteiger charge is 2.45. The highest BCUT2D eigenvalue weighted by molar-refractivity contribution is 5.27. The molecule has 2 atom stereocenters. The van der Waals surface area contributed by atoms with Crippen molar-refractivity contribution >= 4 is 0 Å². The first-order valence-electron chi connectivity index (χ1n) is 8.74. The lowest BCUT2D eigenvalue weighted by molar-refractivity contribution is -0.0116. The summed E-state index contributed by atoms with van der Waals surface area (Å²) in [6.07, 6.45) is 11.2.